The van der Waals surface area contributed by atoms with Crippen LogP contribution in [0.25, 0.3) is 22.3 Å². The van der Waals surface area contributed by atoms with Gasteiger partial charge in [0, 0.05) is 46.0 Å². The molecule has 0 aliphatic carbocycles. The Bertz CT molecular complexity index is 1700. The van der Waals surface area contributed by atoms with E-state index in [1.807, 2.05) is 54.2 Å². The number of ketones is 1. The number of nitrogens with two attached hydrogens (primary N) is 2. The summed E-state index contributed by atoms with van der Waals surface area (Å²) >= 11 is 0. The van der Waals surface area contributed by atoms with Crippen LogP contribution in [0.4, 0.5) is 10.1 Å². The molecule has 0 bridgehead atoms. The number of Topliss-reactive ketones (excluding diaryl/α,β-unsaturated/α-hetero) is 1. The molecule has 7 N–H and O–H groups in total. The number of rotatable bonds is 12. The van der Waals surface area contributed by atoms with Crippen LogP contribution in [-0.2, 0) is 11.8 Å². The van der Waals surface area contributed by atoms with Crippen LogP contribution in [0.2, 0.25) is 0 Å². The Kier molecular flexibility index (Phi) is 10.0. The Morgan fingerprint density at radius 1 is 1.13 bits per heavy atom. The van der Waals surface area contributed by atoms with E-state index in [4.69, 9.17) is 11.7 Å². The van der Waals surface area contributed by atoms with Crippen LogP contribution in [0.15, 0.2) is 48.8 Å². The molecule has 1 aliphatic rings. The van der Waals surface area contributed by atoms with Gasteiger partial charge in [-0.3, -0.25) is 34.8 Å². The maximum atomic E-state index is 15.2. The lowest BCUT2D eigenvalue weighted by atomic mass is 10.1. The molecule has 244 valence electrons. The summed E-state index contributed by atoms with van der Waals surface area (Å²) in [5.74, 6) is 9.44. The molecule has 1 aromatic carbocycles. The zero-order chi connectivity index (χ0) is 33.0. The van der Waals surface area contributed by atoms with Crippen LogP contribution in [0, 0.1) is 5.82 Å². The summed E-state index contributed by atoms with van der Waals surface area (Å²) in [5.41, 5.74) is 4.37. The second kappa shape index (κ2) is 14.1. The number of fused-ring (bicyclic) bond motifs is 1. The third-order valence-corrected chi connectivity index (χ3v) is 7.94. The summed E-state index contributed by atoms with van der Waals surface area (Å²) in [6, 6.07) is 10.9. The molecule has 46 heavy (non-hydrogen) atoms. The number of para-hydroxylation sites is 1. The summed E-state index contributed by atoms with van der Waals surface area (Å²) in [4.78, 5) is 52.1. The van der Waals surface area contributed by atoms with Gasteiger partial charge >= 0.3 is 0 Å². The topological polar surface area (TPSA) is 187 Å². The minimum atomic E-state index is -0.854. The minimum Gasteiger partial charge on any atom is -0.359 e. The number of H-pyrrole nitrogens is 1. The van der Waals surface area contributed by atoms with Gasteiger partial charge in [-0.15, -0.1) is 0 Å². The number of nitrogens with zero attached hydrogens (tertiary/aromatic N) is 7. The van der Waals surface area contributed by atoms with Crippen LogP contribution in [0.3, 0.4) is 0 Å². The van der Waals surface area contributed by atoms with E-state index in [0.29, 0.717) is 31.0 Å². The molecule has 1 aliphatic heterocycles. The quantitative estimate of drug-likeness (QED) is 0.0359. The van der Waals surface area contributed by atoms with Crippen molar-refractivity contribution in [1.82, 2.24) is 45.2 Å². The first-order chi connectivity index (χ1) is 22.1. The van der Waals surface area contributed by atoms with Crippen LogP contribution in [-0.4, -0.2) is 112 Å². The Balaban J connectivity index is 1.29. The smallest absolute Gasteiger partial charge is 0.295 e. The first kappa shape index (κ1) is 32.6. The number of aryl methyl sites for hydroxylation is 1. The molecule has 0 radical (unpaired) electrons. The fourth-order valence-corrected chi connectivity index (χ4v) is 5.50. The van der Waals surface area contributed by atoms with E-state index in [9.17, 15) is 14.4 Å². The lowest BCUT2D eigenvalue weighted by molar-refractivity contribution is -0.128. The molecular weight excluding hydrogens is 595 g/mol. The van der Waals surface area contributed by atoms with Gasteiger partial charge in [0.2, 0.25) is 0 Å². The number of piperazine rings is 1. The molecule has 1 atom stereocenters. The predicted octanol–water partition coefficient (Wildman–Crippen LogP) is 0.238. The second-order valence-electron chi connectivity index (χ2n) is 11.3. The van der Waals surface area contributed by atoms with Gasteiger partial charge in [-0.1, -0.05) is 18.2 Å². The van der Waals surface area contributed by atoms with E-state index < -0.39 is 23.8 Å². The van der Waals surface area contributed by atoms with Crippen molar-refractivity contribution in [3.05, 3.63) is 65.9 Å². The zero-order valence-electron chi connectivity index (χ0n) is 26.0. The van der Waals surface area contributed by atoms with Crippen LogP contribution < -0.4 is 27.4 Å². The SMILES string of the molecule is CN(C)CCCNC(=O)c1cc(-c2ncc(F)c3c(C(=O)C(=O)N4CCN(C(NN)N(N)c5ccccc5)CC4)c[nH]c23)nn1C. The molecule has 0 spiro atoms. The monoisotopic (exact) mass is 634 g/mol. The number of carbonyl (C=O) groups excluding carboxylic acids is 3. The number of hydrazine groups is 2. The molecule has 2 amide bonds. The predicted molar refractivity (Wildman–Crippen MR) is 170 cm³/mol. The number of amides is 2. The van der Waals surface area contributed by atoms with E-state index in [-0.39, 0.29) is 41.2 Å². The Labute approximate surface area is 265 Å². The molecule has 4 aromatic rings. The summed E-state index contributed by atoms with van der Waals surface area (Å²) in [7, 11) is 5.54. The van der Waals surface area contributed by atoms with Gasteiger partial charge in [-0.05, 0) is 45.3 Å². The van der Waals surface area contributed by atoms with Gasteiger partial charge in [0.05, 0.1) is 28.4 Å². The molecule has 16 heteroatoms. The number of pyridine rings is 1. The maximum Gasteiger partial charge on any atom is 0.295 e. The molecule has 1 fully saturated rings. The first-order valence-corrected chi connectivity index (χ1v) is 14.9. The lowest BCUT2D eigenvalue weighted by Gasteiger charge is -2.42. The van der Waals surface area contributed by atoms with Gasteiger partial charge in [-0.2, -0.15) is 5.10 Å². The largest absolute Gasteiger partial charge is 0.359 e. The van der Waals surface area contributed by atoms with Crippen molar-refractivity contribution in [1.29, 1.82) is 0 Å². The Morgan fingerprint density at radius 3 is 2.52 bits per heavy atom. The first-order valence-electron chi connectivity index (χ1n) is 14.9. The van der Waals surface area contributed by atoms with Crippen LogP contribution in [0.5, 0.6) is 0 Å². The summed E-state index contributed by atoms with van der Waals surface area (Å²) in [5, 5.41) is 8.70. The van der Waals surface area contributed by atoms with Crippen LogP contribution >= 0.6 is 0 Å². The van der Waals surface area contributed by atoms with Crippen molar-refractivity contribution in [2.45, 2.75) is 12.7 Å². The highest BCUT2D eigenvalue weighted by Gasteiger charge is 2.33. The van der Waals surface area contributed by atoms with Crippen molar-refractivity contribution in [2.75, 3.05) is 58.4 Å². The maximum absolute atomic E-state index is 15.2. The van der Waals surface area contributed by atoms with E-state index >= 15 is 4.39 Å². The highest BCUT2D eigenvalue weighted by atomic mass is 19.1. The number of carbonyl (C=O) groups is 3. The number of nitrogens with one attached hydrogen (secondary N) is 3. The highest BCUT2D eigenvalue weighted by molar-refractivity contribution is 6.45. The molecule has 15 nitrogen and oxygen atoms in total. The third-order valence-electron chi connectivity index (χ3n) is 7.94. The standard InChI is InChI=1S/C30H39FN12O3/c1-39(2)11-7-10-34-28(45)23-16-22(38-40(23)3)25-26-24(21(31)18-36-25)20(17-35-26)27(44)29(46)41-12-14-42(15-13-41)30(37-32)43(33)19-8-5-4-6-9-19/h4-6,8-9,16-18,30,35,37H,7,10-15,32-33H2,1-3H3,(H,34,45). The second-order valence-corrected chi connectivity index (χ2v) is 11.3. The van der Waals surface area contributed by atoms with Crippen molar-refractivity contribution >= 4 is 34.2 Å². The fraction of sp³-hybridized carbons (Fsp3) is 0.367. The third kappa shape index (κ3) is 6.75. The number of hydrogen-bond acceptors (Lipinski definition) is 11. The van der Waals surface area contributed by atoms with Crippen molar-refractivity contribution < 1.29 is 18.8 Å². The Hall–Kier alpha value is -4.74. The van der Waals surface area contributed by atoms with Gasteiger partial charge in [0.15, 0.2) is 12.1 Å². The normalized spacial score (nSPS) is 14.5. The van der Waals surface area contributed by atoms with E-state index in [0.717, 1.165) is 24.8 Å². The molecule has 1 saturated heterocycles. The average Bonchev–Trinajstić information content (AvgIpc) is 3.68. The fourth-order valence-electron chi connectivity index (χ4n) is 5.50. The number of hydrogen-bond donors (Lipinski definition) is 5. The Morgan fingerprint density at radius 2 is 1.85 bits per heavy atom. The number of aromatic amines is 1. The summed E-state index contributed by atoms with van der Waals surface area (Å²) < 4.78 is 16.6. The number of halogens is 1. The lowest BCUT2D eigenvalue weighted by Crippen LogP contribution is -2.65. The van der Waals surface area contributed by atoms with E-state index in [1.54, 1.807) is 13.1 Å². The van der Waals surface area contributed by atoms with Gasteiger partial charge < -0.3 is 20.1 Å². The summed E-state index contributed by atoms with van der Waals surface area (Å²) in [6.45, 7) is 2.56. The molecule has 4 heterocycles. The van der Waals surface area contributed by atoms with E-state index in [2.05, 4.69) is 25.8 Å². The summed E-state index contributed by atoms with van der Waals surface area (Å²) in [6.07, 6.45) is 2.51. The van der Waals surface area contributed by atoms with Crippen molar-refractivity contribution in [3.63, 3.8) is 0 Å². The van der Waals surface area contributed by atoms with Gasteiger partial charge in [0.1, 0.15) is 17.1 Å². The zero-order valence-corrected chi connectivity index (χ0v) is 26.0. The molecule has 0 saturated carbocycles. The van der Waals surface area contributed by atoms with Crippen molar-refractivity contribution in [2.24, 2.45) is 18.7 Å². The highest BCUT2D eigenvalue weighted by Crippen LogP contribution is 2.30. The van der Waals surface area contributed by atoms with Gasteiger partial charge in [-0.25, -0.2) is 20.6 Å². The van der Waals surface area contributed by atoms with E-state index in [1.165, 1.54) is 20.8 Å². The molecule has 1 unspecified atom stereocenters. The van der Waals surface area contributed by atoms with Gasteiger partial charge in [0.25, 0.3) is 17.6 Å². The number of aromatic nitrogens is 4. The minimum absolute atomic E-state index is 0.0728. The average molecular weight is 635 g/mol. The number of benzene rings is 1. The molecule has 5 rings (SSSR count). The number of anilines is 1. The molecular formula is C30H39FN12O3. The van der Waals surface area contributed by atoms with Crippen molar-refractivity contribution in [3.8, 4) is 11.4 Å². The molecule has 3 aromatic heterocycles. The van der Waals surface area contributed by atoms with Crippen LogP contribution in [0.1, 0.15) is 27.3 Å².